The van der Waals surface area contributed by atoms with E-state index in [1.165, 1.54) is 24.3 Å². The van der Waals surface area contributed by atoms with Gasteiger partial charge in [0.15, 0.2) is 0 Å². The molecule has 94 valence electrons. The maximum Gasteiger partial charge on any atom is 0.141 e. The summed E-state index contributed by atoms with van der Waals surface area (Å²) in [6.45, 7) is 1.94. The summed E-state index contributed by atoms with van der Waals surface area (Å²) < 4.78 is 25.8. The number of benzene rings is 2. The molecule has 0 spiro atoms. The fourth-order valence-corrected chi connectivity index (χ4v) is 1.85. The molecule has 2 aromatic carbocycles. The Hall–Kier alpha value is -1.61. The van der Waals surface area contributed by atoms with Crippen LogP contribution in [0.3, 0.4) is 0 Å². The third-order valence-electron chi connectivity index (χ3n) is 2.67. The summed E-state index contributed by atoms with van der Waals surface area (Å²) >= 11 is 5.70. The van der Waals surface area contributed by atoms with Gasteiger partial charge in [-0.25, -0.2) is 8.78 Å². The van der Waals surface area contributed by atoms with E-state index in [0.717, 1.165) is 11.3 Å². The molecule has 0 radical (unpaired) electrons. The second kappa shape index (κ2) is 5.36. The van der Waals surface area contributed by atoms with E-state index in [1.54, 1.807) is 18.2 Å². The van der Waals surface area contributed by atoms with Crippen molar-refractivity contribution >= 4 is 17.3 Å². The largest absolute Gasteiger partial charge is 0.378 e. The summed E-state index contributed by atoms with van der Waals surface area (Å²) in [5, 5.41) is 3.25. The number of hydrogen-bond acceptors (Lipinski definition) is 1. The summed E-state index contributed by atoms with van der Waals surface area (Å²) in [5.41, 5.74) is 1.66. The van der Waals surface area contributed by atoms with Gasteiger partial charge in [-0.3, -0.25) is 0 Å². The van der Waals surface area contributed by atoms with E-state index in [9.17, 15) is 8.78 Å². The smallest absolute Gasteiger partial charge is 0.141 e. The highest BCUT2D eigenvalue weighted by Crippen LogP contribution is 2.23. The Morgan fingerprint density at radius 1 is 1.06 bits per heavy atom. The Labute approximate surface area is 109 Å². The minimum Gasteiger partial charge on any atom is -0.378 e. The van der Waals surface area contributed by atoms with Crippen LogP contribution in [0.4, 0.5) is 14.5 Å². The van der Waals surface area contributed by atoms with Gasteiger partial charge in [0.25, 0.3) is 0 Å². The Morgan fingerprint density at radius 2 is 1.72 bits per heavy atom. The fraction of sp³-hybridized carbons (Fsp3) is 0.143. The monoisotopic (exact) mass is 267 g/mol. The number of anilines is 1. The first-order chi connectivity index (χ1) is 8.56. The minimum atomic E-state index is -0.448. The highest BCUT2D eigenvalue weighted by atomic mass is 35.5. The maximum atomic E-state index is 13.0. The number of halogens is 3. The molecule has 18 heavy (non-hydrogen) atoms. The third kappa shape index (κ3) is 2.99. The van der Waals surface area contributed by atoms with Crippen molar-refractivity contribution in [3.63, 3.8) is 0 Å². The van der Waals surface area contributed by atoms with Crippen LogP contribution < -0.4 is 5.32 Å². The van der Waals surface area contributed by atoms with Crippen LogP contribution in [0.15, 0.2) is 42.5 Å². The molecule has 0 aromatic heterocycles. The van der Waals surface area contributed by atoms with Gasteiger partial charge in [0, 0.05) is 11.7 Å². The average molecular weight is 268 g/mol. The number of hydrogen-bond donors (Lipinski definition) is 1. The standard InChI is InChI=1S/C14H12ClF2N/c1-9(10-2-4-11(16)5-3-10)18-12-6-7-14(17)13(15)8-12/h2-9,18H,1H3. The van der Waals surface area contributed by atoms with Crippen LogP contribution in [0.5, 0.6) is 0 Å². The first kappa shape index (κ1) is 12.8. The van der Waals surface area contributed by atoms with E-state index in [-0.39, 0.29) is 16.9 Å². The van der Waals surface area contributed by atoms with Gasteiger partial charge in [-0.05, 0) is 42.8 Å². The third-order valence-corrected chi connectivity index (χ3v) is 2.96. The van der Waals surface area contributed by atoms with Crippen molar-refractivity contribution < 1.29 is 8.78 Å². The van der Waals surface area contributed by atoms with Crippen molar-refractivity contribution in [1.29, 1.82) is 0 Å². The molecular weight excluding hydrogens is 256 g/mol. The summed E-state index contributed by atoms with van der Waals surface area (Å²) in [7, 11) is 0. The van der Waals surface area contributed by atoms with E-state index in [4.69, 9.17) is 11.6 Å². The highest BCUT2D eigenvalue weighted by Gasteiger charge is 2.07. The van der Waals surface area contributed by atoms with Crippen molar-refractivity contribution in [2.75, 3.05) is 5.32 Å². The van der Waals surface area contributed by atoms with E-state index in [0.29, 0.717) is 0 Å². The normalized spacial score (nSPS) is 12.2. The quantitative estimate of drug-likeness (QED) is 0.843. The predicted octanol–water partition coefficient (Wildman–Crippen LogP) is 4.79. The molecule has 0 saturated heterocycles. The van der Waals surface area contributed by atoms with Gasteiger partial charge in [0.1, 0.15) is 11.6 Å². The lowest BCUT2D eigenvalue weighted by Crippen LogP contribution is -2.06. The van der Waals surface area contributed by atoms with Gasteiger partial charge >= 0.3 is 0 Å². The van der Waals surface area contributed by atoms with Crippen LogP contribution in [0.25, 0.3) is 0 Å². The molecule has 0 aliphatic carbocycles. The summed E-state index contributed by atoms with van der Waals surface area (Å²) in [6, 6.07) is 10.7. The van der Waals surface area contributed by atoms with E-state index in [2.05, 4.69) is 5.32 Å². The lowest BCUT2D eigenvalue weighted by molar-refractivity contribution is 0.626. The predicted molar refractivity (Wildman–Crippen MR) is 69.8 cm³/mol. The van der Waals surface area contributed by atoms with E-state index >= 15 is 0 Å². The molecule has 0 saturated carbocycles. The van der Waals surface area contributed by atoms with Crippen LogP contribution in [-0.2, 0) is 0 Å². The Kier molecular flexibility index (Phi) is 3.82. The molecule has 1 atom stereocenters. The van der Waals surface area contributed by atoms with Crippen LogP contribution in [0.1, 0.15) is 18.5 Å². The Balaban J connectivity index is 2.13. The summed E-state index contributed by atoms with van der Waals surface area (Å²) in [5.74, 6) is -0.715. The lowest BCUT2D eigenvalue weighted by atomic mass is 10.1. The summed E-state index contributed by atoms with van der Waals surface area (Å²) in [4.78, 5) is 0. The van der Waals surface area contributed by atoms with Crippen LogP contribution in [0, 0.1) is 11.6 Å². The zero-order chi connectivity index (χ0) is 13.1. The topological polar surface area (TPSA) is 12.0 Å². The van der Waals surface area contributed by atoms with Gasteiger partial charge < -0.3 is 5.32 Å². The second-order valence-corrected chi connectivity index (χ2v) is 4.45. The zero-order valence-electron chi connectivity index (χ0n) is 9.75. The van der Waals surface area contributed by atoms with Gasteiger partial charge in [0.05, 0.1) is 5.02 Å². The second-order valence-electron chi connectivity index (χ2n) is 4.05. The van der Waals surface area contributed by atoms with Crippen molar-refractivity contribution in [1.82, 2.24) is 0 Å². The zero-order valence-corrected chi connectivity index (χ0v) is 10.5. The van der Waals surface area contributed by atoms with Gasteiger partial charge in [-0.1, -0.05) is 23.7 Å². The Morgan fingerprint density at radius 3 is 2.33 bits per heavy atom. The molecule has 2 rings (SSSR count). The van der Waals surface area contributed by atoms with Gasteiger partial charge in [0.2, 0.25) is 0 Å². The van der Waals surface area contributed by atoms with Crippen LogP contribution in [-0.4, -0.2) is 0 Å². The number of rotatable bonds is 3. The first-order valence-corrected chi connectivity index (χ1v) is 5.91. The molecule has 0 heterocycles. The average Bonchev–Trinajstić information content (AvgIpc) is 2.34. The van der Waals surface area contributed by atoms with Crippen molar-refractivity contribution in [2.45, 2.75) is 13.0 Å². The first-order valence-electron chi connectivity index (χ1n) is 5.53. The highest BCUT2D eigenvalue weighted by molar-refractivity contribution is 6.31. The van der Waals surface area contributed by atoms with Crippen LogP contribution >= 0.6 is 11.6 Å². The molecule has 0 aliphatic heterocycles. The molecule has 1 N–H and O–H groups in total. The van der Waals surface area contributed by atoms with Crippen molar-refractivity contribution in [2.24, 2.45) is 0 Å². The summed E-state index contributed by atoms with van der Waals surface area (Å²) in [6.07, 6.45) is 0. The van der Waals surface area contributed by atoms with Crippen molar-refractivity contribution in [3.05, 3.63) is 64.7 Å². The minimum absolute atomic E-state index is 0.0212. The van der Waals surface area contributed by atoms with Gasteiger partial charge in [-0.15, -0.1) is 0 Å². The molecule has 1 nitrogen and oxygen atoms in total. The van der Waals surface area contributed by atoms with Crippen LogP contribution in [0.2, 0.25) is 5.02 Å². The SMILES string of the molecule is CC(Nc1ccc(F)c(Cl)c1)c1ccc(F)cc1. The van der Waals surface area contributed by atoms with Crippen molar-refractivity contribution in [3.8, 4) is 0 Å². The maximum absolute atomic E-state index is 13.0. The Bertz CT molecular complexity index is 540. The molecule has 0 amide bonds. The molecular formula is C14H12ClF2N. The molecule has 2 aromatic rings. The molecule has 0 aliphatic rings. The molecule has 1 unspecified atom stereocenters. The lowest BCUT2D eigenvalue weighted by Gasteiger charge is -2.16. The van der Waals surface area contributed by atoms with E-state index < -0.39 is 5.82 Å². The fourth-order valence-electron chi connectivity index (χ4n) is 1.67. The molecule has 4 heteroatoms. The molecule has 0 fully saturated rings. The molecule has 0 bridgehead atoms. The van der Waals surface area contributed by atoms with E-state index in [1.807, 2.05) is 6.92 Å². The number of nitrogens with one attached hydrogen (secondary N) is 1. The van der Waals surface area contributed by atoms with Gasteiger partial charge in [-0.2, -0.15) is 0 Å².